The van der Waals surface area contributed by atoms with Gasteiger partial charge in [0.05, 0.1) is 18.8 Å². The molecule has 2 aromatic rings. The van der Waals surface area contributed by atoms with Crippen molar-refractivity contribution in [2.45, 2.75) is 46.6 Å². The van der Waals surface area contributed by atoms with Crippen molar-refractivity contribution < 1.29 is 9.26 Å². The van der Waals surface area contributed by atoms with E-state index in [4.69, 9.17) is 14.3 Å². The van der Waals surface area contributed by atoms with Crippen LogP contribution in [0.5, 0.6) is 0 Å². The molecule has 2 heterocycles. The van der Waals surface area contributed by atoms with Crippen LogP contribution in [0.3, 0.4) is 0 Å². The van der Waals surface area contributed by atoms with Crippen molar-refractivity contribution in [1.29, 1.82) is 0 Å². The van der Waals surface area contributed by atoms with Crippen LogP contribution >= 0.6 is 0 Å². The van der Waals surface area contributed by atoms with Gasteiger partial charge in [-0.15, -0.1) is 0 Å². The standard InChI is InChI=1S/C22H32N4O2/c1-6-23-22(24-13-16(3)21-17(4)25-28-18(21)5)26-11-12-27-20(14-26)19-10-8-7-9-15(19)2/h7-10,16,20H,6,11-14H2,1-5H3,(H,23,24). The molecule has 1 saturated heterocycles. The minimum Gasteiger partial charge on any atom is -0.370 e. The molecule has 1 aromatic carbocycles. The Morgan fingerprint density at radius 1 is 1.32 bits per heavy atom. The highest BCUT2D eigenvalue weighted by Gasteiger charge is 2.25. The van der Waals surface area contributed by atoms with Crippen LogP contribution in [0.2, 0.25) is 0 Å². The summed E-state index contributed by atoms with van der Waals surface area (Å²) in [6, 6.07) is 8.45. The van der Waals surface area contributed by atoms with Crippen molar-refractivity contribution >= 4 is 5.96 Å². The molecule has 152 valence electrons. The lowest BCUT2D eigenvalue weighted by atomic mass is 10.00. The third kappa shape index (κ3) is 4.55. The Kier molecular flexibility index (Phi) is 6.73. The summed E-state index contributed by atoms with van der Waals surface area (Å²) in [5, 5.41) is 7.53. The van der Waals surface area contributed by atoms with Crippen LogP contribution in [-0.2, 0) is 4.74 Å². The quantitative estimate of drug-likeness (QED) is 0.628. The first-order valence-electron chi connectivity index (χ1n) is 10.1. The third-order valence-electron chi connectivity index (χ3n) is 5.33. The number of ether oxygens (including phenoxy) is 1. The molecule has 1 aliphatic rings. The van der Waals surface area contributed by atoms with E-state index < -0.39 is 0 Å². The lowest BCUT2D eigenvalue weighted by Crippen LogP contribution is -2.48. The van der Waals surface area contributed by atoms with Crippen LogP contribution in [0, 0.1) is 20.8 Å². The molecule has 3 rings (SSSR count). The van der Waals surface area contributed by atoms with E-state index in [0.29, 0.717) is 13.2 Å². The topological polar surface area (TPSA) is 62.9 Å². The van der Waals surface area contributed by atoms with E-state index in [1.807, 2.05) is 13.8 Å². The van der Waals surface area contributed by atoms with Crippen molar-refractivity contribution in [1.82, 2.24) is 15.4 Å². The van der Waals surface area contributed by atoms with Gasteiger partial charge in [-0.25, -0.2) is 0 Å². The van der Waals surface area contributed by atoms with Crippen molar-refractivity contribution in [3.05, 3.63) is 52.4 Å². The molecule has 2 unspecified atom stereocenters. The Balaban J connectivity index is 1.74. The maximum atomic E-state index is 6.07. The first-order chi connectivity index (χ1) is 13.5. The van der Waals surface area contributed by atoms with Gasteiger partial charge in [0.25, 0.3) is 0 Å². The largest absolute Gasteiger partial charge is 0.370 e. The molecule has 0 bridgehead atoms. The van der Waals surface area contributed by atoms with E-state index in [0.717, 1.165) is 37.0 Å². The van der Waals surface area contributed by atoms with Crippen LogP contribution in [0.25, 0.3) is 0 Å². The zero-order valence-electron chi connectivity index (χ0n) is 17.7. The summed E-state index contributed by atoms with van der Waals surface area (Å²) in [5.74, 6) is 2.09. The van der Waals surface area contributed by atoms with Crippen LogP contribution in [0.4, 0.5) is 0 Å². The number of guanidine groups is 1. The van der Waals surface area contributed by atoms with Gasteiger partial charge in [-0.2, -0.15) is 0 Å². The minimum atomic E-state index is 0.0683. The Bertz CT molecular complexity index is 795. The Labute approximate surface area is 168 Å². The number of hydrogen-bond acceptors (Lipinski definition) is 4. The smallest absolute Gasteiger partial charge is 0.194 e. The molecule has 0 saturated carbocycles. The lowest BCUT2D eigenvalue weighted by molar-refractivity contribution is -0.00833. The molecule has 0 aliphatic carbocycles. The van der Waals surface area contributed by atoms with Gasteiger partial charge in [0, 0.05) is 31.1 Å². The van der Waals surface area contributed by atoms with E-state index in [9.17, 15) is 0 Å². The van der Waals surface area contributed by atoms with E-state index in [-0.39, 0.29) is 12.0 Å². The van der Waals surface area contributed by atoms with Gasteiger partial charge in [-0.3, -0.25) is 4.99 Å². The summed E-state index contributed by atoms with van der Waals surface area (Å²) in [6.07, 6.45) is 0.0683. The molecule has 0 radical (unpaired) electrons. The van der Waals surface area contributed by atoms with Gasteiger partial charge in [-0.05, 0) is 38.8 Å². The lowest BCUT2D eigenvalue weighted by Gasteiger charge is -2.36. The van der Waals surface area contributed by atoms with Gasteiger partial charge in [0.2, 0.25) is 0 Å². The number of nitrogens with zero attached hydrogens (tertiary/aromatic N) is 3. The van der Waals surface area contributed by atoms with Crippen LogP contribution in [0.1, 0.15) is 54.0 Å². The van der Waals surface area contributed by atoms with E-state index >= 15 is 0 Å². The molecule has 28 heavy (non-hydrogen) atoms. The summed E-state index contributed by atoms with van der Waals surface area (Å²) in [6.45, 7) is 14.3. The van der Waals surface area contributed by atoms with Crippen LogP contribution in [-0.4, -0.2) is 48.8 Å². The Morgan fingerprint density at radius 3 is 2.79 bits per heavy atom. The van der Waals surface area contributed by atoms with E-state index in [2.05, 4.69) is 60.4 Å². The fourth-order valence-electron chi connectivity index (χ4n) is 3.91. The highest BCUT2D eigenvalue weighted by atomic mass is 16.5. The first-order valence-corrected chi connectivity index (χ1v) is 10.1. The monoisotopic (exact) mass is 384 g/mol. The highest BCUT2D eigenvalue weighted by molar-refractivity contribution is 5.80. The minimum absolute atomic E-state index is 0.0683. The molecular formula is C22H32N4O2. The van der Waals surface area contributed by atoms with Crippen molar-refractivity contribution in [3.8, 4) is 0 Å². The molecule has 6 heteroatoms. The predicted octanol–water partition coefficient (Wildman–Crippen LogP) is 3.74. The van der Waals surface area contributed by atoms with Gasteiger partial charge in [0.15, 0.2) is 5.96 Å². The maximum absolute atomic E-state index is 6.07. The number of aryl methyl sites for hydroxylation is 3. The van der Waals surface area contributed by atoms with Crippen LogP contribution < -0.4 is 5.32 Å². The molecule has 1 fully saturated rings. The number of aliphatic imine (C=N–C) groups is 1. The molecule has 1 aliphatic heterocycles. The number of morpholine rings is 1. The second kappa shape index (κ2) is 9.24. The fraction of sp³-hybridized carbons (Fsp3) is 0.545. The Morgan fingerprint density at radius 2 is 2.11 bits per heavy atom. The molecule has 0 amide bonds. The van der Waals surface area contributed by atoms with Crippen LogP contribution in [0.15, 0.2) is 33.8 Å². The number of nitrogens with one attached hydrogen (secondary N) is 1. The van der Waals surface area contributed by atoms with E-state index in [1.54, 1.807) is 0 Å². The number of benzene rings is 1. The maximum Gasteiger partial charge on any atom is 0.194 e. The molecule has 1 N–H and O–H groups in total. The average Bonchev–Trinajstić information content (AvgIpc) is 3.03. The molecular weight excluding hydrogens is 352 g/mol. The third-order valence-corrected chi connectivity index (χ3v) is 5.33. The van der Waals surface area contributed by atoms with Gasteiger partial charge in [-0.1, -0.05) is 36.3 Å². The van der Waals surface area contributed by atoms with Gasteiger partial charge < -0.3 is 19.5 Å². The van der Waals surface area contributed by atoms with Crippen molar-refractivity contribution in [2.75, 3.05) is 32.8 Å². The van der Waals surface area contributed by atoms with Gasteiger partial charge in [0.1, 0.15) is 11.9 Å². The van der Waals surface area contributed by atoms with Crippen molar-refractivity contribution in [3.63, 3.8) is 0 Å². The summed E-state index contributed by atoms with van der Waals surface area (Å²) in [5.41, 5.74) is 4.64. The summed E-state index contributed by atoms with van der Waals surface area (Å²) in [7, 11) is 0. The molecule has 2 atom stereocenters. The number of hydrogen-bond donors (Lipinski definition) is 1. The SMILES string of the molecule is CCNC(=NCC(C)c1c(C)noc1C)N1CCOC(c2ccccc2C)C1. The van der Waals surface area contributed by atoms with Crippen molar-refractivity contribution in [2.24, 2.45) is 4.99 Å². The zero-order chi connectivity index (χ0) is 20.1. The molecule has 1 aromatic heterocycles. The normalized spacial score (nSPS) is 19.0. The highest BCUT2D eigenvalue weighted by Crippen LogP contribution is 2.26. The molecule has 6 nitrogen and oxygen atoms in total. The Hall–Kier alpha value is -2.34. The number of rotatable bonds is 5. The van der Waals surface area contributed by atoms with Gasteiger partial charge >= 0.3 is 0 Å². The zero-order valence-corrected chi connectivity index (χ0v) is 17.7. The average molecular weight is 385 g/mol. The predicted molar refractivity (Wildman–Crippen MR) is 112 cm³/mol. The second-order valence-corrected chi connectivity index (χ2v) is 7.50. The fourth-order valence-corrected chi connectivity index (χ4v) is 3.91. The molecule has 0 spiro atoms. The summed E-state index contributed by atoms with van der Waals surface area (Å²) in [4.78, 5) is 7.24. The first kappa shape index (κ1) is 20.4. The van der Waals surface area contributed by atoms with E-state index in [1.165, 1.54) is 16.7 Å². The number of aromatic nitrogens is 1. The summed E-state index contributed by atoms with van der Waals surface area (Å²) < 4.78 is 11.4. The second-order valence-electron chi connectivity index (χ2n) is 7.50. The summed E-state index contributed by atoms with van der Waals surface area (Å²) >= 11 is 0.